The van der Waals surface area contributed by atoms with Crippen molar-refractivity contribution in [1.29, 1.82) is 0 Å². The molecule has 1 heterocycles. The number of aromatic nitrogens is 1. The molecule has 0 spiro atoms. The molecule has 0 aliphatic heterocycles. The molecule has 1 aromatic carbocycles. The van der Waals surface area contributed by atoms with Crippen molar-refractivity contribution < 1.29 is 4.79 Å². The van der Waals surface area contributed by atoms with E-state index in [1.165, 1.54) is 12.3 Å². The van der Waals surface area contributed by atoms with Gasteiger partial charge in [-0.05, 0) is 30.3 Å². The Morgan fingerprint density at radius 3 is 2.50 bits per heavy atom. The maximum atomic E-state index is 11.9. The van der Waals surface area contributed by atoms with Gasteiger partial charge in [-0.3, -0.25) is 9.78 Å². The molecule has 3 nitrogen and oxygen atoms in total. The second kappa shape index (κ2) is 5.57. The molecular formula is C12H7Cl3N2O. The molecule has 1 N–H and O–H groups in total. The summed E-state index contributed by atoms with van der Waals surface area (Å²) in [5, 5.41) is 3.93. The smallest absolute Gasteiger partial charge is 0.274 e. The zero-order valence-corrected chi connectivity index (χ0v) is 11.2. The summed E-state index contributed by atoms with van der Waals surface area (Å²) in [5.41, 5.74) is 0.634. The van der Waals surface area contributed by atoms with E-state index in [1.807, 2.05) is 0 Å². The Kier molecular flexibility index (Phi) is 4.07. The second-order valence-corrected chi connectivity index (χ2v) is 4.72. The van der Waals surface area contributed by atoms with Crippen LogP contribution in [-0.4, -0.2) is 10.9 Å². The van der Waals surface area contributed by atoms with Gasteiger partial charge < -0.3 is 5.32 Å². The first-order chi connectivity index (χ1) is 8.56. The van der Waals surface area contributed by atoms with E-state index in [0.717, 1.165) is 0 Å². The van der Waals surface area contributed by atoms with E-state index in [1.54, 1.807) is 24.3 Å². The van der Waals surface area contributed by atoms with Crippen LogP contribution in [0.4, 0.5) is 5.69 Å². The van der Waals surface area contributed by atoms with Crippen molar-refractivity contribution in [3.63, 3.8) is 0 Å². The van der Waals surface area contributed by atoms with Crippen LogP contribution in [0, 0.1) is 0 Å². The second-order valence-electron chi connectivity index (χ2n) is 3.44. The summed E-state index contributed by atoms with van der Waals surface area (Å²) in [6.07, 6.45) is 1.46. The van der Waals surface area contributed by atoms with Crippen molar-refractivity contribution in [2.24, 2.45) is 0 Å². The Labute approximate surface area is 119 Å². The van der Waals surface area contributed by atoms with E-state index < -0.39 is 5.91 Å². The van der Waals surface area contributed by atoms with Crippen LogP contribution in [0.15, 0.2) is 36.5 Å². The molecule has 2 rings (SSSR count). The number of nitrogens with one attached hydrogen (secondary N) is 1. The van der Waals surface area contributed by atoms with Gasteiger partial charge in [0.05, 0.1) is 10.7 Å². The number of nitrogens with zero attached hydrogens (tertiary/aromatic N) is 1. The summed E-state index contributed by atoms with van der Waals surface area (Å²) < 4.78 is 0. The number of hydrogen-bond donors (Lipinski definition) is 1. The predicted molar refractivity (Wildman–Crippen MR) is 73.7 cm³/mol. The molecule has 0 radical (unpaired) electrons. The molecule has 2 aromatic rings. The lowest BCUT2D eigenvalue weighted by molar-refractivity contribution is 0.102. The number of amides is 1. The van der Waals surface area contributed by atoms with Crippen molar-refractivity contribution >= 4 is 46.4 Å². The van der Waals surface area contributed by atoms with Crippen LogP contribution < -0.4 is 5.32 Å². The maximum Gasteiger partial charge on any atom is 0.274 e. The fourth-order valence-electron chi connectivity index (χ4n) is 1.31. The average Bonchev–Trinajstić information content (AvgIpc) is 2.34. The third-order valence-electron chi connectivity index (χ3n) is 2.13. The molecule has 0 atom stereocenters. The fourth-order valence-corrected chi connectivity index (χ4v) is 1.81. The summed E-state index contributed by atoms with van der Waals surface area (Å²) >= 11 is 17.5. The van der Waals surface area contributed by atoms with Crippen molar-refractivity contribution in [2.45, 2.75) is 0 Å². The van der Waals surface area contributed by atoms with E-state index in [0.29, 0.717) is 20.8 Å². The Bertz CT molecular complexity index is 602. The highest BCUT2D eigenvalue weighted by Gasteiger charge is 2.10. The van der Waals surface area contributed by atoms with Crippen molar-refractivity contribution in [3.8, 4) is 0 Å². The number of benzene rings is 1. The first kappa shape index (κ1) is 13.1. The van der Waals surface area contributed by atoms with Gasteiger partial charge in [0.2, 0.25) is 0 Å². The number of pyridine rings is 1. The van der Waals surface area contributed by atoms with Crippen LogP contribution >= 0.6 is 34.8 Å². The van der Waals surface area contributed by atoms with Crippen LogP contribution in [0.25, 0.3) is 0 Å². The highest BCUT2D eigenvalue weighted by Crippen LogP contribution is 2.25. The number of hydrogen-bond acceptors (Lipinski definition) is 2. The molecule has 0 bridgehead atoms. The molecule has 0 unspecified atom stereocenters. The third-order valence-corrected chi connectivity index (χ3v) is 2.93. The first-order valence-electron chi connectivity index (χ1n) is 4.94. The lowest BCUT2D eigenvalue weighted by Gasteiger charge is -2.07. The lowest BCUT2D eigenvalue weighted by atomic mass is 10.3. The van der Waals surface area contributed by atoms with Crippen molar-refractivity contribution in [2.75, 3.05) is 5.32 Å². The number of carbonyl (C=O) groups excluding carboxylic acids is 1. The van der Waals surface area contributed by atoms with Crippen LogP contribution in [0.3, 0.4) is 0 Å². The van der Waals surface area contributed by atoms with E-state index >= 15 is 0 Å². The molecule has 0 saturated carbocycles. The van der Waals surface area contributed by atoms with E-state index in [2.05, 4.69) is 10.3 Å². The van der Waals surface area contributed by atoms with Crippen LogP contribution in [0.1, 0.15) is 10.5 Å². The Morgan fingerprint density at radius 1 is 1.06 bits per heavy atom. The Hall–Kier alpha value is -1.29. The van der Waals surface area contributed by atoms with Crippen molar-refractivity contribution in [1.82, 2.24) is 4.98 Å². The van der Waals surface area contributed by atoms with Crippen LogP contribution in [0.2, 0.25) is 15.1 Å². The number of anilines is 1. The minimum atomic E-state index is -0.401. The zero-order valence-electron chi connectivity index (χ0n) is 8.95. The van der Waals surface area contributed by atoms with Crippen LogP contribution in [-0.2, 0) is 0 Å². The van der Waals surface area contributed by atoms with Gasteiger partial charge in [-0.25, -0.2) is 0 Å². The van der Waals surface area contributed by atoms with Crippen LogP contribution in [0.5, 0.6) is 0 Å². The quantitative estimate of drug-likeness (QED) is 0.899. The Morgan fingerprint density at radius 2 is 1.78 bits per heavy atom. The zero-order chi connectivity index (χ0) is 13.1. The molecule has 1 aromatic heterocycles. The summed E-state index contributed by atoms with van der Waals surface area (Å²) in [6, 6.07) is 7.86. The topological polar surface area (TPSA) is 42.0 Å². The number of rotatable bonds is 2. The summed E-state index contributed by atoms with van der Waals surface area (Å²) in [7, 11) is 0. The first-order valence-corrected chi connectivity index (χ1v) is 6.07. The summed E-state index contributed by atoms with van der Waals surface area (Å²) in [6.45, 7) is 0. The number of carbonyl (C=O) groups is 1. The molecule has 0 fully saturated rings. The molecule has 92 valence electrons. The average molecular weight is 302 g/mol. The van der Waals surface area contributed by atoms with Gasteiger partial charge in [0.25, 0.3) is 5.91 Å². The molecule has 6 heteroatoms. The highest BCUT2D eigenvalue weighted by molar-refractivity contribution is 6.36. The molecule has 18 heavy (non-hydrogen) atoms. The summed E-state index contributed by atoms with van der Waals surface area (Å²) in [4.78, 5) is 15.8. The third kappa shape index (κ3) is 3.13. The van der Waals surface area contributed by atoms with Gasteiger partial charge in [0.15, 0.2) is 0 Å². The molecule has 1 amide bonds. The van der Waals surface area contributed by atoms with Gasteiger partial charge in [0.1, 0.15) is 5.69 Å². The van der Waals surface area contributed by atoms with Gasteiger partial charge in [0, 0.05) is 16.2 Å². The van der Waals surface area contributed by atoms with E-state index in [4.69, 9.17) is 34.8 Å². The Balaban J connectivity index is 2.24. The van der Waals surface area contributed by atoms with Crippen molar-refractivity contribution in [3.05, 3.63) is 57.3 Å². The van der Waals surface area contributed by atoms with E-state index in [-0.39, 0.29) is 5.69 Å². The molecular weight excluding hydrogens is 295 g/mol. The minimum absolute atomic E-state index is 0.207. The minimum Gasteiger partial charge on any atom is -0.319 e. The van der Waals surface area contributed by atoms with Gasteiger partial charge in [-0.15, -0.1) is 0 Å². The van der Waals surface area contributed by atoms with Gasteiger partial charge in [-0.2, -0.15) is 0 Å². The monoisotopic (exact) mass is 300 g/mol. The summed E-state index contributed by atoms with van der Waals surface area (Å²) in [5.74, 6) is -0.401. The highest BCUT2D eigenvalue weighted by atomic mass is 35.5. The van der Waals surface area contributed by atoms with Gasteiger partial charge in [-0.1, -0.05) is 34.8 Å². The molecule has 0 aliphatic rings. The maximum absolute atomic E-state index is 11.9. The van der Waals surface area contributed by atoms with Gasteiger partial charge >= 0.3 is 0 Å². The standard InChI is InChI=1S/C12H7Cl3N2O/c13-7-1-2-9(15)10(5-7)17-12(18)11-6-8(14)3-4-16-11/h1-6H,(H,17,18). The molecule has 0 saturated heterocycles. The largest absolute Gasteiger partial charge is 0.319 e. The fraction of sp³-hybridized carbons (Fsp3) is 0. The normalized spacial score (nSPS) is 10.2. The molecule has 0 aliphatic carbocycles. The number of halogens is 3. The lowest BCUT2D eigenvalue weighted by Crippen LogP contribution is -2.13. The van der Waals surface area contributed by atoms with E-state index in [9.17, 15) is 4.79 Å². The predicted octanol–water partition coefficient (Wildman–Crippen LogP) is 4.29. The SMILES string of the molecule is O=C(Nc1cc(Cl)ccc1Cl)c1cc(Cl)ccn1.